The quantitative estimate of drug-likeness (QED) is 0.757. The standard InChI is InChI=1S/C13H26N2O2/c1-13(2,3)10-11(12(16)17-4)15-8-5-6-14-7-9-15/h11,14H,5-10H2,1-4H3. The van der Waals surface area contributed by atoms with Crippen molar-refractivity contribution in [3.63, 3.8) is 0 Å². The lowest BCUT2D eigenvalue weighted by molar-refractivity contribution is -0.148. The summed E-state index contributed by atoms with van der Waals surface area (Å²) in [7, 11) is 1.48. The van der Waals surface area contributed by atoms with E-state index in [1.807, 2.05) is 0 Å². The number of nitrogens with zero attached hydrogens (tertiary/aromatic N) is 1. The number of nitrogens with one attached hydrogen (secondary N) is 1. The highest BCUT2D eigenvalue weighted by Gasteiger charge is 2.31. The molecule has 0 saturated carbocycles. The lowest BCUT2D eigenvalue weighted by atomic mass is 9.87. The van der Waals surface area contributed by atoms with Crippen molar-refractivity contribution in [1.82, 2.24) is 10.2 Å². The molecular weight excluding hydrogens is 216 g/mol. The van der Waals surface area contributed by atoms with Crippen LogP contribution in [0.3, 0.4) is 0 Å². The largest absolute Gasteiger partial charge is 0.468 e. The fourth-order valence-corrected chi connectivity index (χ4v) is 2.26. The van der Waals surface area contributed by atoms with E-state index in [2.05, 4.69) is 31.0 Å². The summed E-state index contributed by atoms with van der Waals surface area (Å²) in [4.78, 5) is 14.2. The number of hydrogen-bond acceptors (Lipinski definition) is 4. The number of rotatable bonds is 3. The Labute approximate surface area is 105 Å². The van der Waals surface area contributed by atoms with E-state index in [0.717, 1.165) is 39.0 Å². The highest BCUT2D eigenvalue weighted by Crippen LogP contribution is 2.24. The van der Waals surface area contributed by atoms with Gasteiger partial charge in [0.25, 0.3) is 0 Å². The number of carbonyl (C=O) groups is 1. The third kappa shape index (κ3) is 5.04. The Morgan fingerprint density at radius 1 is 1.35 bits per heavy atom. The van der Waals surface area contributed by atoms with E-state index >= 15 is 0 Å². The molecule has 1 rings (SSSR count). The van der Waals surface area contributed by atoms with Gasteiger partial charge in [-0.25, -0.2) is 0 Å². The molecule has 4 heteroatoms. The van der Waals surface area contributed by atoms with Crippen LogP contribution in [0, 0.1) is 5.41 Å². The van der Waals surface area contributed by atoms with Gasteiger partial charge in [0.05, 0.1) is 7.11 Å². The summed E-state index contributed by atoms with van der Waals surface area (Å²) in [6.45, 7) is 10.4. The Hall–Kier alpha value is -0.610. The average molecular weight is 242 g/mol. The van der Waals surface area contributed by atoms with Crippen LogP contribution in [-0.2, 0) is 9.53 Å². The molecule has 0 aromatic carbocycles. The summed E-state index contributed by atoms with van der Waals surface area (Å²) in [5.74, 6) is -0.0955. The minimum Gasteiger partial charge on any atom is -0.468 e. The molecule has 1 heterocycles. The lowest BCUT2D eigenvalue weighted by Crippen LogP contribution is -2.45. The van der Waals surface area contributed by atoms with E-state index in [-0.39, 0.29) is 17.4 Å². The first-order valence-corrected chi connectivity index (χ1v) is 6.46. The Morgan fingerprint density at radius 2 is 2.06 bits per heavy atom. The minimum atomic E-state index is -0.0973. The van der Waals surface area contributed by atoms with Crippen molar-refractivity contribution < 1.29 is 9.53 Å². The van der Waals surface area contributed by atoms with Crippen molar-refractivity contribution in [2.24, 2.45) is 5.41 Å². The maximum absolute atomic E-state index is 11.9. The molecule has 0 aliphatic carbocycles. The summed E-state index contributed by atoms with van der Waals surface area (Å²) in [6, 6.07) is -0.0973. The van der Waals surface area contributed by atoms with Crippen molar-refractivity contribution >= 4 is 5.97 Å². The van der Waals surface area contributed by atoms with Gasteiger partial charge in [-0.15, -0.1) is 0 Å². The van der Waals surface area contributed by atoms with Crippen LogP contribution in [0.15, 0.2) is 0 Å². The van der Waals surface area contributed by atoms with E-state index in [9.17, 15) is 4.79 Å². The summed E-state index contributed by atoms with van der Waals surface area (Å²) < 4.78 is 4.95. The van der Waals surface area contributed by atoms with Crippen molar-refractivity contribution in [3.05, 3.63) is 0 Å². The average Bonchev–Trinajstić information content (AvgIpc) is 2.52. The van der Waals surface area contributed by atoms with Gasteiger partial charge in [-0.05, 0) is 24.8 Å². The van der Waals surface area contributed by atoms with Crippen molar-refractivity contribution in [1.29, 1.82) is 0 Å². The topological polar surface area (TPSA) is 41.6 Å². The van der Waals surface area contributed by atoms with Crippen LogP contribution in [0.2, 0.25) is 0 Å². The molecule has 0 radical (unpaired) electrons. The first-order valence-electron chi connectivity index (χ1n) is 6.46. The molecule has 0 spiro atoms. The molecule has 1 aliphatic rings. The summed E-state index contributed by atoms with van der Waals surface area (Å²) in [5.41, 5.74) is 0.137. The lowest BCUT2D eigenvalue weighted by Gasteiger charge is -2.32. The van der Waals surface area contributed by atoms with Gasteiger partial charge in [0.15, 0.2) is 0 Å². The third-order valence-electron chi connectivity index (χ3n) is 3.09. The zero-order valence-corrected chi connectivity index (χ0v) is 11.6. The van der Waals surface area contributed by atoms with Crippen LogP contribution >= 0.6 is 0 Å². The predicted octanol–water partition coefficient (Wildman–Crippen LogP) is 1.26. The van der Waals surface area contributed by atoms with Gasteiger partial charge in [-0.1, -0.05) is 20.8 Å². The second-order valence-corrected chi connectivity index (χ2v) is 5.94. The molecule has 0 aromatic rings. The molecule has 4 nitrogen and oxygen atoms in total. The second-order valence-electron chi connectivity index (χ2n) is 5.94. The minimum absolute atomic E-state index is 0.0955. The van der Waals surface area contributed by atoms with Gasteiger partial charge in [0.1, 0.15) is 6.04 Å². The highest BCUT2D eigenvalue weighted by molar-refractivity contribution is 5.75. The fraction of sp³-hybridized carbons (Fsp3) is 0.923. The summed E-state index contributed by atoms with van der Waals surface area (Å²) in [6.07, 6.45) is 1.94. The molecule has 1 saturated heterocycles. The van der Waals surface area contributed by atoms with E-state index in [0.29, 0.717) is 0 Å². The van der Waals surface area contributed by atoms with Gasteiger partial charge >= 0.3 is 5.97 Å². The number of methoxy groups -OCH3 is 1. The van der Waals surface area contributed by atoms with Gasteiger partial charge in [-0.2, -0.15) is 0 Å². The van der Waals surface area contributed by atoms with Crippen molar-refractivity contribution in [2.45, 2.75) is 39.7 Å². The molecule has 0 bridgehead atoms. The molecule has 1 unspecified atom stereocenters. The molecule has 0 aromatic heterocycles. The van der Waals surface area contributed by atoms with Gasteiger partial charge in [0.2, 0.25) is 0 Å². The number of esters is 1. The Bertz CT molecular complexity index is 240. The summed E-state index contributed by atoms with van der Waals surface area (Å²) in [5, 5.41) is 3.36. The SMILES string of the molecule is COC(=O)C(CC(C)(C)C)N1CCCNCC1. The zero-order chi connectivity index (χ0) is 12.9. The number of ether oxygens (including phenoxy) is 1. The monoisotopic (exact) mass is 242 g/mol. The van der Waals surface area contributed by atoms with Gasteiger partial charge < -0.3 is 10.1 Å². The molecule has 1 aliphatic heterocycles. The first kappa shape index (κ1) is 14.5. The van der Waals surface area contributed by atoms with E-state index in [4.69, 9.17) is 4.74 Å². The highest BCUT2D eigenvalue weighted by atomic mass is 16.5. The predicted molar refractivity (Wildman–Crippen MR) is 68.9 cm³/mol. The van der Waals surface area contributed by atoms with Crippen LogP contribution in [0.1, 0.15) is 33.6 Å². The Balaban J connectivity index is 2.70. The van der Waals surface area contributed by atoms with Crippen LogP contribution in [0.25, 0.3) is 0 Å². The molecule has 17 heavy (non-hydrogen) atoms. The third-order valence-corrected chi connectivity index (χ3v) is 3.09. The fourth-order valence-electron chi connectivity index (χ4n) is 2.26. The number of hydrogen-bond donors (Lipinski definition) is 1. The van der Waals surface area contributed by atoms with Crippen molar-refractivity contribution in [2.75, 3.05) is 33.3 Å². The second kappa shape index (κ2) is 6.36. The van der Waals surface area contributed by atoms with Gasteiger partial charge in [-0.3, -0.25) is 9.69 Å². The molecule has 0 amide bonds. The molecular formula is C13H26N2O2. The molecule has 100 valence electrons. The van der Waals surface area contributed by atoms with E-state index in [1.54, 1.807) is 0 Å². The number of carbonyl (C=O) groups excluding carboxylic acids is 1. The first-order chi connectivity index (χ1) is 7.94. The van der Waals surface area contributed by atoms with E-state index < -0.39 is 0 Å². The van der Waals surface area contributed by atoms with Gasteiger partial charge in [0, 0.05) is 19.6 Å². The van der Waals surface area contributed by atoms with Crippen LogP contribution in [0.4, 0.5) is 0 Å². The van der Waals surface area contributed by atoms with Crippen LogP contribution in [0.5, 0.6) is 0 Å². The Morgan fingerprint density at radius 3 is 2.65 bits per heavy atom. The summed E-state index contributed by atoms with van der Waals surface area (Å²) >= 11 is 0. The normalized spacial score (nSPS) is 20.7. The molecule has 1 N–H and O–H groups in total. The molecule has 1 fully saturated rings. The van der Waals surface area contributed by atoms with Crippen LogP contribution in [-0.4, -0.2) is 50.2 Å². The maximum atomic E-state index is 11.9. The maximum Gasteiger partial charge on any atom is 0.323 e. The Kier molecular flexibility index (Phi) is 5.40. The smallest absolute Gasteiger partial charge is 0.323 e. The van der Waals surface area contributed by atoms with Crippen molar-refractivity contribution in [3.8, 4) is 0 Å². The van der Waals surface area contributed by atoms with Crippen LogP contribution < -0.4 is 5.32 Å². The molecule has 1 atom stereocenters. The zero-order valence-electron chi connectivity index (χ0n) is 11.6. The van der Waals surface area contributed by atoms with E-state index in [1.165, 1.54) is 7.11 Å².